The summed E-state index contributed by atoms with van der Waals surface area (Å²) in [5.74, 6) is 0. The van der Waals surface area contributed by atoms with Gasteiger partial charge in [-0.15, -0.1) is 0 Å². The van der Waals surface area contributed by atoms with Crippen molar-refractivity contribution in [2.45, 2.75) is 0 Å². The van der Waals surface area contributed by atoms with E-state index < -0.39 is 14.6 Å². The monoisotopic (exact) mass is 172 g/mol. The highest BCUT2D eigenvalue weighted by Gasteiger charge is 2.19. The van der Waals surface area contributed by atoms with Gasteiger partial charge in [0.15, 0.2) is 6.79 Å². The molecule has 62 valence electrons. The highest BCUT2D eigenvalue weighted by molar-refractivity contribution is 7.47. The highest BCUT2D eigenvalue weighted by atomic mass is 31.2. The van der Waals surface area contributed by atoms with Gasteiger partial charge in [0, 0.05) is 0 Å². The minimum Gasteiger partial charge on any atom is -0.394 e. The van der Waals surface area contributed by atoms with Crippen molar-refractivity contribution < 1.29 is 28.7 Å². The number of hydrogen-bond donors (Lipinski definition) is 3. The van der Waals surface area contributed by atoms with E-state index in [4.69, 9.17) is 15.1 Å². The van der Waals surface area contributed by atoms with Crippen LogP contribution in [0.25, 0.3) is 0 Å². The second-order valence-corrected chi connectivity index (χ2v) is 2.74. The fourth-order valence-corrected chi connectivity index (χ4v) is 0.799. The van der Waals surface area contributed by atoms with Gasteiger partial charge in [-0.2, -0.15) is 0 Å². The maximum Gasteiger partial charge on any atom is 0.474 e. The van der Waals surface area contributed by atoms with E-state index in [1.54, 1.807) is 0 Å². The van der Waals surface area contributed by atoms with Crippen LogP contribution in [0.15, 0.2) is 0 Å². The third kappa shape index (κ3) is 4.87. The summed E-state index contributed by atoms with van der Waals surface area (Å²) in [4.78, 5) is 8.49. The minimum absolute atomic E-state index is 0.298. The molecule has 0 fully saturated rings. The fourth-order valence-electron chi connectivity index (χ4n) is 0.266. The lowest BCUT2D eigenvalue weighted by Crippen LogP contribution is -2.00. The van der Waals surface area contributed by atoms with Crippen molar-refractivity contribution in [2.75, 3.05) is 20.0 Å². The van der Waals surface area contributed by atoms with Gasteiger partial charge >= 0.3 is 7.82 Å². The Morgan fingerprint density at radius 2 is 1.90 bits per heavy atom. The standard InChI is InChI=1S/C3H9O6P/c4-1-2-8-10(6,7)9-3-5/h4-5H,1-3H2,(H,6,7). The summed E-state index contributed by atoms with van der Waals surface area (Å²) < 4.78 is 18.4. The molecule has 0 aromatic heterocycles. The molecule has 10 heavy (non-hydrogen) atoms. The molecule has 0 heterocycles. The molecule has 1 unspecified atom stereocenters. The number of aliphatic hydroxyl groups is 2. The van der Waals surface area contributed by atoms with Crippen LogP contribution in [-0.4, -0.2) is 35.1 Å². The Kier molecular flexibility index (Phi) is 4.80. The van der Waals surface area contributed by atoms with Crippen molar-refractivity contribution >= 4 is 7.82 Å². The first-order valence-corrected chi connectivity index (χ1v) is 3.95. The summed E-state index contributed by atoms with van der Waals surface area (Å²) in [6, 6.07) is 0. The average Bonchev–Trinajstić information content (AvgIpc) is 1.84. The van der Waals surface area contributed by atoms with Gasteiger partial charge in [-0.05, 0) is 0 Å². The van der Waals surface area contributed by atoms with Crippen LogP contribution in [0.3, 0.4) is 0 Å². The quantitative estimate of drug-likeness (QED) is 0.366. The number of aliphatic hydroxyl groups excluding tert-OH is 2. The van der Waals surface area contributed by atoms with E-state index >= 15 is 0 Å². The second kappa shape index (κ2) is 4.79. The van der Waals surface area contributed by atoms with Gasteiger partial charge in [0.25, 0.3) is 0 Å². The lowest BCUT2D eigenvalue weighted by atomic mass is 10.8. The molecule has 0 aliphatic heterocycles. The molecule has 0 radical (unpaired) electrons. The lowest BCUT2D eigenvalue weighted by molar-refractivity contribution is 0.0467. The van der Waals surface area contributed by atoms with Crippen LogP contribution in [0.5, 0.6) is 0 Å². The third-order valence-corrected chi connectivity index (χ3v) is 1.52. The topological polar surface area (TPSA) is 96.2 Å². The predicted octanol–water partition coefficient (Wildman–Crippen LogP) is -0.938. The lowest BCUT2D eigenvalue weighted by Gasteiger charge is -2.07. The van der Waals surface area contributed by atoms with Crippen molar-refractivity contribution in [1.29, 1.82) is 0 Å². The molecule has 0 spiro atoms. The number of phosphoric acid groups is 1. The van der Waals surface area contributed by atoms with Crippen molar-refractivity contribution in [2.24, 2.45) is 0 Å². The largest absolute Gasteiger partial charge is 0.474 e. The Hall–Kier alpha value is 0.0300. The van der Waals surface area contributed by atoms with E-state index in [1.807, 2.05) is 0 Å². The van der Waals surface area contributed by atoms with E-state index in [0.717, 1.165) is 0 Å². The zero-order valence-corrected chi connectivity index (χ0v) is 6.03. The zero-order chi connectivity index (χ0) is 8.04. The van der Waals surface area contributed by atoms with Crippen LogP contribution in [0.1, 0.15) is 0 Å². The molecule has 6 nitrogen and oxygen atoms in total. The maximum atomic E-state index is 10.4. The summed E-state index contributed by atoms with van der Waals surface area (Å²) in [6.07, 6.45) is 0. The molecule has 0 aromatic rings. The smallest absolute Gasteiger partial charge is 0.394 e. The Labute approximate surface area is 57.6 Å². The third-order valence-electron chi connectivity index (χ3n) is 0.567. The molecule has 0 rings (SSSR count). The molecule has 0 saturated heterocycles. The van der Waals surface area contributed by atoms with E-state index in [9.17, 15) is 4.57 Å². The number of rotatable bonds is 5. The molecule has 0 saturated carbocycles. The highest BCUT2D eigenvalue weighted by Crippen LogP contribution is 2.42. The summed E-state index contributed by atoms with van der Waals surface area (Å²) in [5, 5.41) is 16.1. The normalized spacial score (nSPS) is 16.7. The average molecular weight is 172 g/mol. The zero-order valence-electron chi connectivity index (χ0n) is 5.13. The van der Waals surface area contributed by atoms with Crippen LogP contribution in [0.4, 0.5) is 0 Å². The molecule has 0 aliphatic carbocycles. The van der Waals surface area contributed by atoms with Gasteiger partial charge in [0.05, 0.1) is 13.2 Å². The predicted molar refractivity (Wildman–Crippen MR) is 31.0 cm³/mol. The maximum absolute atomic E-state index is 10.4. The van der Waals surface area contributed by atoms with E-state index in [1.165, 1.54) is 0 Å². The minimum atomic E-state index is -4.12. The summed E-state index contributed by atoms with van der Waals surface area (Å²) >= 11 is 0. The Morgan fingerprint density at radius 3 is 2.30 bits per heavy atom. The van der Waals surface area contributed by atoms with E-state index in [0.29, 0.717) is 0 Å². The SMILES string of the molecule is O=P(O)(OCO)OCCO. The van der Waals surface area contributed by atoms with Crippen molar-refractivity contribution in [3.8, 4) is 0 Å². The van der Waals surface area contributed by atoms with Gasteiger partial charge in [0.1, 0.15) is 0 Å². The van der Waals surface area contributed by atoms with E-state index in [2.05, 4.69) is 9.05 Å². The molecule has 1 atom stereocenters. The molecule has 0 aliphatic rings. The van der Waals surface area contributed by atoms with Gasteiger partial charge in [-0.1, -0.05) is 0 Å². The van der Waals surface area contributed by atoms with Crippen LogP contribution < -0.4 is 0 Å². The van der Waals surface area contributed by atoms with Crippen molar-refractivity contribution in [3.05, 3.63) is 0 Å². The van der Waals surface area contributed by atoms with E-state index in [-0.39, 0.29) is 13.2 Å². The van der Waals surface area contributed by atoms with Gasteiger partial charge in [-0.3, -0.25) is 9.05 Å². The van der Waals surface area contributed by atoms with Crippen LogP contribution in [0, 0.1) is 0 Å². The van der Waals surface area contributed by atoms with Gasteiger partial charge in [0.2, 0.25) is 0 Å². The molecule has 3 N–H and O–H groups in total. The van der Waals surface area contributed by atoms with Crippen LogP contribution in [0.2, 0.25) is 0 Å². The number of hydrogen-bond acceptors (Lipinski definition) is 5. The molecule has 0 aromatic carbocycles. The fraction of sp³-hybridized carbons (Fsp3) is 1.00. The number of phosphoric ester groups is 1. The Bertz CT molecular complexity index is 124. The molecule has 0 amide bonds. The first kappa shape index (κ1) is 10.0. The summed E-state index contributed by atoms with van der Waals surface area (Å²) in [6.45, 7) is -1.56. The van der Waals surface area contributed by atoms with Crippen molar-refractivity contribution in [1.82, 2.24) is 0 Å². The molecule has 7 heteroatoms. The van der Waals surface area contributed by atoms with Gasteiger partial charge < -0.3 is 15.1 Å². The summed E-state index contributed by atoms with van der Waals surface area (Å²) in [7, 11) is -4.12. The van der Waals surface area contributed by atoms with Gasteiger partial charge in [-0.25, -0.2) is 4.57 Å². The first-order valence-electron chi connectivity index (χ1n) is 2.46. The second-order valence-electron chi connectivity index (χ2n) is 1.28. The summed E-state index contributed by atoms with van der Waals surface area (Å²) in [5.41, 5.74) is 0. The van der Waals surface area contributed by atoms with Crippen LogP contribution >= 0.6 is 7.82 Å². The van der Waals surface area contributed by atoms with Crippen molar-refractivity contribution in [3.63, 3.8) is 0 Å². The Morgan fingerprint density at radius 1 is 1.30 bits per heavy atom. The molecule has 0 bridgehead atoms. The first-order chi connectivity index (χ1) is 4.62. The molecular weight excluding hydrogens is 163 g/mol. The molecular formula is C3H9O6P. The Balaban J connectivity index is 3.53. The van der Waals surface area contributed by atoms with Crippen LogP contribution in [-0.2, 0) is 13.6 Å².